The van der Waals surface area contributed by atoms with E-state index in [1.807, 2.05) is 49.4 Å². The summed E-state index contributed by atoms with van der Waals surface area (Å²) in [5.41, 5.74) is 2.40. The van der Waals surface area contributed by atoms with Crippen molar-refractivity contribution in [1.29, 1.82) is 0 Å². The zero-order valence-corrected chi connectivity index (χ0v) is 11.8. The average Bonchev–Trinajstić information content (AvgIpc) is 2.49. The zero-order chi connectivity index (χ0) is 14.0. The fourth-order valence-electron chi connectivity index (χ4n) is 3.10. The van der Waals surface area contributed by atoms with Crippen LogP contribution < -0.4 is 4.74 Å². The quantitative estimate of drug-likeness (QED) is 0.920. The fourth-order valence-corrected chi connectivity index (χ4v) is 3.10. The van der Waals surface area contributed by atoms with Crippen LogP contribution in [0.25, 0.3) is 0 Å². The molecule has 2 nitrogen and oxygen atoms in total. The third-order valence-electron chi connectivity index (χ3n) is 4.09. The lowest BCUT2D eigenvalue weighted by atomic mass is 9.75. The second-order valence-electron chi connectivity index (χ2n) is 5.33. The van der Waals surface area contributed by atoms with Gasteiger partial charge in [0.15, 0.2) is 0 Å². The summed E-state index contributed by atoms with van der Waals surface area (Å²) < 4.78 is 5.47. The fraction of sp³-hybridized carbons (Fsp3) is 0.333. The first kappa shape index (κ1) is 13.2. The normalized spacial score (nSPS) is 21.3. The predicted octanol–water partition coefficient (Wildman–Crippen LogP) is 3.66. The second-order valence-corrected chi connectivity index (χ2v) is 5.33. The minimum Gasteiger partial charge on any atom is -0.494 e. The van der Waals surface area contributed by atoms with Crippen LogP contribution >= 0.6 is 0 Å². The van der Waals surface area contributed by atoms with Crippen LogP contribution in [0.1, 0.15) is 36.5 Å². The van der Waals surface area contributed by atoms with E-state index in [9.17, 15) is 5.11 Å². The Morgan fingerprint density at radius 1 is 1.10 bits per heavy atom. The van der Waals surface area contributed by atoms with Crippen molar-refractivity contribution in [3.63, 3.8) is 0 Å². The highest BCUT2D eigenvalue weighted by molar-refractivity contribution is 5.44. The minimum atomic E-state index is -0.862. The molecular weight excluding hydrogens is 248 g/mol. The molecule has 0 fully saturated rings. The molecular formula is C18H20O2. The third-order valence-corrected chi connectivity index (χ3v) is 4.09. The molecule has 1 unspecified atom stereocenters. The highest BCUT2D eigenvalue weighted by Gasteiger charge is 2.35. The highest BCUT2D eigenvalue weighted by Crippen LogP contribution is 2.40. The number of fused-ring (bicyclic) bond motifs is 1. The standard InChI is InChI=1S/C18H20O2/c1-2-20-16-11-9-15(10-12-16)18(19)13-5-7-14-6-3-4-8-17(14)18/h3-4,6,8-12,19H,2,5,7,13H2,1H3. The molecule has 20 heavy (non-hydrogen) atoms. The Labute approximate surface area is 120 Å². The molecule has 1 atom stereocenters. The van der Waals surface area contributed by atoms with Gasteiger partial charge in [0.1, 0.15) is 11.4 Å². The lowest BCUT2D eigenvalue weighted by molar-refractivity contribution is 0.0615. The van der Waals surface area contributed by atoms with Crippen molar-refractivity contribution in [3.05, 3.63) is 65.2 Å². The molecule has 104 valence electrons. The van der Waals surface area contributed by atoms with Crippen LogP contribution in [0, 0.1) is 0 Å². The van der Waals surface area contributed by atoms with E-state index in [0.717, 1.165) is 36.1 Å². The van der Waals surface area contributed by atoms with Gasteiger partial charge in [-0.05, 0) is 55.0 Å². The zero-order valence-electron chi connectivity index (χ0n) is 11.8. The summed E-state index contributed by atoms with van der Waals surface area (Å²) in [6, 6.07) is 16.0. The molecule has 1 aliphatic rings. The van der Waals surface area contributed by atoms with Gasteiger partial charge in [-0.2, -0.15) is 0 Å². The molecule has 0 saturated carbocycles. The number of ether oxygens (including phenoxy) is 1. The molecule has 0 aromatic heterocycles. The van der Waals surface area contributed by atoms with Crippen LogP contribution in [0.5, 0.6) is 5.75 Å². The van der Waals surface area contributed by atoms with Gasteiger partial charge >= 0.3 is 0 Å². The number of hydrogen-bond acceptors (Lipinski definition) is 2. The van der Waals surface area contributed by atoms with Crippen LogP contribution in [-0.2, 0) is 12.0 Å². The first-order valence-corrected chi connectivity index (χ1v) is 7.28. The van der Waals surface area contributed by atoms with E-state index in [-0.39, 0.29) is 0 Å². The monoisotopic (exact) mass is 268 g/mol. The molecule has 0 spiro atoms. The van der Waals surface area contributed by atoms with Gasteiger partial charge in [0.05, 0.1) is 6.61 Å². The molecule has 2 aromatic carbocycles. The molecule has 0 heterocycles. The molecule has 2 aromatic rings. The van der Waals surface area contributed by atoms with Gasteiger partial charge in [-0.3, -0.25) is 0 Å². The van der Waals surface area contributed by atoms with Crippen molar-refractivity contribution in [2.75, 3.05) is 6.61 Å². The summed E-state index contributed by atoms with van der Waals surface area (Å²) in [4.78, 5) is 0. The van der Waals surface area contributed by atoms with E-state index in [2.05, 4.69) is 6.07 Å². The largest absolute Gasteiger partial charge is 0.494 e. The molecule has 0 saturated heterocycles. The molecule has 0 amide bonds. The van der Waals surface area contributed by atoms with Gasteiger partial charge < -0.3 is 9.84 Å². The summed E-state index contributed by atoms with van der Waals surface area (Å²) in [7, 11) is 0. The van der Waals surface area contributed by atoms with Crippen LogP contribution in [0.2, 0.25) is 0 Å². The maximum Gasteiger partial charge on any atom is 0.119 e. The summed E-state index contributed by atoms with van der Waals surface area (Å²) >= 11 is 0. The molecule has 0 aliphatic heterocycles. The van der Waals surface area contributed by atoms with Crippen LogP contribution in [0.4, 0.5) is 0 Å². The van der Waals surface area contributed by atoms with Gasteiger partial charge in [-0.25, -0.2) is 0 Å². The Bertz CT molecular complexity index is 589. The van der Waals surface area contributed by atoms with Gasteiger partial charge in [0, 0.05) is 0 Å². The Morgan fingerprint density at radius 2 is 1.85 bits per heavy atom. The smallest absolute Gasteiger partial charge is 0.119 e. The summed E-state index contributed by atoms with van der Waals surface area (Å²) in [6.45, 7) is 2.63. The van der Waals surface area contributed by atoms with E-state index in [4.69, 9.17) is 4.74 Å². The molecule has 3 rings (SSSR count). The van der Waals surface area contributed by atoms with E-state index in [0.29, 0.717) is 6.61 Å². The van der Waals surface area contributed by atoms with Crippen molar-refractivity contribution in [2.45, 2.75) is 31.8 Å². The van der Waals surface area contributed by atoms with Crippen molar-refractivity contribution >= 4 is 0 Å². The van der Waals surface area contributed by atoms with Crippen molar-refractivity contribution < 1.29 is 9.84 Å². The Morgan fingerprint density at radius 3 is 2.60 bits per heavy atom. The van der Waals surface area contributed by atoms with Gasteiger partial charge in [0.2, 0.25) is 0 Å². The van der Waals surface area contributed by atoms with Gasteiger partial charge in [-0.15, -0.1) is 0 Å². The number of hydrogen-bond donors (Lipinski definition) is 1. The summed E-state index contributed by atoms with van der Waals surface area (Å²) in [5.74, 6) is 0.851. The maximum absolute atomic E-state index is 11.2. The lowest BCUT2D eigenvalue weighted by Gasteiger charge is -2.35. The van der Waals surface area contributed by atoms with E-state index in [1.165, 1.54) is 5.56 Å². The average molecular weight is 268 g/mol. The van der Waals surface area contributed by atoms with Crippen LogP contribution in [0.3, 0.4) is 0 Å². The third kappa shape index (κ3) is 2.20. The molecule has 1 aliphatic carbocycles. The molecule has 0 radical (unpaired) electrons. The molecule has 2 heteroatoms. The summed E-state index contributed by atoms with van der Waals surface area (Å²) in [6.07, 6.45) is 2.84. The van der Waals surface area contributed by atoms with Crippen molar-refractivity contribution in [3.8, 4) is 5.75 Å². The van der Waals surface area contributed by atoms with Crippen LogP contribution in [0.15, 0.2) is 48.5 Å². The molecule has 1 N–H and O–H groups in total. The maximum atomic E-state index is 11.2. The number of aryl methyl sites for hydroxylation is 1. The number of rotatable bonds is 3. The Hall–Kier alpha value is -1.80. The minimum absolute atomic E-state index is 0.659. The van der Waals surface area contributed by atoms with Gasteiger partial charge in [-0.1, -0.05) is 36.4 Å². The number of aliphatic hydroxyl groups is 1. The molecule has 0 bridgehead atoms. The van der Waals surface area contributed by atoms with Crippen LogP contribution in [-0.4, -0.2) is 11.7 Å². The highest BCUT2D eigenvalue weighted by atomic mass is 16.5. The predicted molar refractivity (Wildman–Crippen MR) is 80.0 cm³/mol. The summed E-state index contributed by atoms with van der Waals surface area (Å²) in [5, 5.41) is 11.2. The SMILES string of the molecule is CCOc1ccc(C2(O)CCCc3ccccc32)cc1. The Balaban J connectivity index is 2.00. The van der Waals surface area contributed by atoms with E-state index < -0.39 is 5.60 Å². The topological polar surface area (TPSA) is 29.5 Å². The van der Waals surface area contributed by atoms with Crippen molar-refractivity contribution in [1.82, 2.24) is 0 Å². The first-order chi connectivity index (χ1) is 9.74. The lowest BCUT2D eigenvalue weighted by Crippen LogP contribution is -2.31. The number of benzene rings is 2. The Kier molecular flexibility index (Phi) is 3.49. The van der Waals surface area contributed by atoms with E-state index >= 15 is 0 Å². The van der Waals surface area contributed by atoms with E-state index in [1.54, 1.807) is 0 Å². The second kappa shape index (κ2) is 5.29. The van der Waals surface area contributed by atoms with Crippen molar-refractivity contribution in [2.24, 2.45) is 0 Å². The first-order valence-electron chi connectivity index (χ1n) is 7.28. The van der Waals surface area contributed by atoms with Gasteiger partial charge in [0.25, 0.3) is 0 Å².